The number of aromatic nitrogens is 2. The van der Waals surface area contributed by atoms with Crippen molar-refractivity contribution in [3.05, 3.63) is 33.6 Å². The van der Waals surface area contributed by atoms with Gasteiger partial charge in [-0.3, -0.25) is 24.4 Å². The summed E-state index contributed by atoms with van der Waals surface area (Å²) >= 11 is 0. The van der Waals surface area contributed by atoms with Crippen molar-refractivity contribution < 1.29 is 18.9 Å². The highest BCUT2D eigenvalue weighted by molar-refractivity contribution is 6.03. The third-order valence-electron chi connectivity index (χ3n) is 3.57. The van der Waals surface area contributed by atoms with Gasteiger partial charge in [-0.15, -0.1) is 0 Å². The Bertz CT molecular complexity index is 821. The van der Waals surface area contributed by atoms with Crippen molar-refractivity contribution in [1.82, 2.24) is 9.78 Å². The number of nitrogens with zero attached hydrogens (tertiary/aromatic N) is 3. The Balaban J connectivity index is 1.86. The minimum Gasteiger partial charge on any atom is -0.395 e. The van der Waals surface area contributed by atoms with Crippen molar-refractivity contribution in [2.75, 3.05) is 10.6 Å². The van der Waals surface area contributed by atoms with Gasteiger partial charge in [-0.05, 0) is 12.5 Å². The quantitative estimate of drug-likeness (QED) is 0.647. The van der Waals surface area contributed by atoms with Crippen LogP contribution in [-0.4, -0.2) is 26.5 Å². The van der Waals surface area contributed by atoms with E-state index in [-0.39, 0.29) is 17.6 Å². The number of nitrogens with one attached hydrogen (secondary N) is 2. The lowest BCUT2D eigenvalue weighted by Crippen LogP contribution is -2.28. The van der Waals surface area contributed by atoms with Gasteiger partial charge < -0.3 is 15.1 Å². The summed E-state index contributed by atoms with van der Waals surface area (Å²) < 4.78 is 6.31. The molecule has 0 fully saturated rings. The smallest absolute Gasteiger partial charge is 0.395 e. The molecular formula is C13H13N5O5. The standard InChI is InChI=1S/C13H13N5O5/c1-6-5-7-10(16-17(2)11(7)15-12(6)19)14-13(20)8-3-4-9(23-8)18(21)22/h3-4,6H,5H2,1-2H3,(H,15,19)(H,14,16,20). The van der Waals surface area contributed by atoms with E-state index in [4.69, 9.17) is 4.42 Å². The Labute approximate surface area is 129 Å². The first-order valence-electron chi connectivity index (χ1n) is 6.79. The average molecular weight is 319 g/mol. The van der Waals surface area contributed by atoms with E-state index in [9.17, 15) is 19.7 Å². The third-order valence-corrected chi connectivity index (χ3v) is 3.57. The monoisotopic (exact) mass is 319 g/mol. The molecule has 120 valence electrons. The molecule has 0 spiro atoms. The lowest BCUT2D eigenvalue weighted by Gasteiger charge is -2.19. The number of carbonyl (C=O) groups excluding carboxylic acids is 2. The fourth-order valence-corrected chi connectivity index (χ4v) is 2.37. The second-order valence-electron chi connectivity index (χ2n) is 5.24. The van der Waals surface area contributed by atoms with Crippen molar-refractivity contribution >= 4 is 29.3 Å². The van der Waals surface area contributed by atoms with E-state index >= 15 is 0 Å². The van der Waals surface area contributed by atoms with Crippen molar-refractivity contribution in [3.63, 3.8) is 0 Å². The van der Waals surface area contributed by atoms with E-state index in [0.29, 0.717) is 23.6 Å². The summed E-state index contributed by atoms with van der Waals surface area (Å²) in [5, 5.41) is 20.0. The number of amides is 2. The molecule has 10 heteroatoms. The fourth-order valence-electron chi connectivity index (χ4n) is 2.37. The van der Waals surface area contributed by atoms with Crippen molar-refractivity contribution in [2.45, 2.75) is 13.3 Å². The Morgan fingerprint density at radius 1 is 1.57 bits per heavy atom. The molecular weight excluding hydrogens is 306 g/mol. The number of anilines is 2. The van der Waals surface area contributed by atoms with Crippen LogP contribution in [0.2, 0.25) is 0 Å². The lowest BCUT2D eigenvalue weighted by molar-refractivity contribution is -0.402. The molecule has 0 aromatic carbocycles. The molecule has 3 heterocycles. The number of fused-ring (bicyclic) bond motifs is 1. The summed E-state index contributed by atoms with van der Waals surface area (Å²) in [5.41, 5.74) is 0.703. The average Bonchev–Trinajstić information content (AvgIpc) is 3.07. The largest absolute Gasteiger partial charge is 0.433 e. The van der Waals surface area contributed by atoms with Crippen LogP contribution in [0, 0.1) is 16.0 Å². The van der Waals surface area contributed by atoms with Crippen LogP contribution in [-0.2, 0) is 18.3 Å². The first-order valence-corrected chi connectivity index (χ1v) is 6.79. The van der Waals surface area contributed by atoms with Crippen molar-refractivity contribution in [3.8, 4) is 0 Å². The summed E-state index contributed by atoms with van der Waals surface area (Å²) in [4.78, 5) is 33.7. The molecule has 2 amide bonds. The zero-order valence-corrected chi connectivity index (χ0v) is 12.3. The van der Waals surface area contributed by atoms with Gasteiger partial charge in [0, 0.05) is 18.5 Å². The summed E-state index contributed by atoms with van der Waals surface area (Å²) in [6, 6.07) is 2.32. The van der Waals surface area contributed by atoms with E-state index in [1.54, 1.807) is 14.0 Å². The molecule has 2 N–H and O–H groups in total. The Morgan fingerprint density at radius 3 is 2.96 bits per heavy atom. The van der Waals surface area contributed by atoms with Gasteiger partial charge >= 0.3 is 5.88 Å². The van der Waals surface area contributed by atoms with Gasteiger partial charge in [0.15, 0.2) is 11.6 Å². The maximum atomic E-state index is 12.1. The van der Waals surface area contributed by atoms with Gasteiger partial charge in [-0.25, -0.2) is 0 Å². The number of furan rings is 1. The minimum atomic E-state index is -0.726. The molecule has 0 aliphatic carbocycles. The Hall–Kier alpha value is -3.17. The SMILES string of the molecule is CC1Cc2c(NC(=O)c3ccc([N+](=O)[O-])o3)nn(C)c2NC1=O. The minimum absolute atomic E-state index is 0.111. The van der Waals surface area contributed by atoms with Crippen LogP contribution in [0.5, 0.6) is 0 Å². The summed E-state index contributed by atoms with van der Waals surface area (Å²) in [7, 11) is 1.64. The second-order valence-corrected chi connectivity index (χ2v) is 5.24. The van der Waals surface area contributed by atoms with E-state index in [2.05, 4.69) is 15.7 Å². The molecule has 0 radical (unpaired) electrons. The number of hydrogen-bond acceptors (Lipinski definition) is 6. The van der Waals surface area contributed by atoms with Crippen LogP contribution in [0.25, 0.3) is 0 Å². The highest BCUT2D eigenvalue weighted by atomic mass is 16.6. The normalized spacial score (nSPS) is 16.6. The van der Waals surface area contributed by atoms with Crippen LogP contribution >= 0.6 is 0 Å². The maximum absolute atomic E-state index is 12.1. The summed E-state index contributed by atoms with van der Waals surface area (Å²) in [5.74, 6) is -0.897. The van der Waals surface area contributed by atoms with Gasteiger partial charge in [0.2, 0.25) is 5.91 Å². The van der Waals surface area contributed by atoms with Crippen LogP contribution in [0.1, 0.15) is 23.0 Å². The summed E-state index contributed by atoms with van der Waals surface area (Å²) in [6.07, 6.45) is 0.433. The number of hydrogen-bond donors (Lipinski definition) is 2. The van der Waals surface area contributed by atoms with Gasteiger partial charge in [-0.1, -0.05) is 6.92 Å². The van der Waals surface area contributed by atoms with E-state index < -0.39 is 16.7 Å². The topological polar surface area (TPSA) is 132 Å². The first kappa shape index (κ1) is 14.8. The van der Waals surface area contributed by atoms with Crippen LogP contribution in [0.3, 0.4) is 0 Å². The highest BCUT2D eigenvalue weighted by Crippen LogP contribution is 2.31. The number of nitro groups is 1. The number of rotatable bonds is 3. The zero-order valence-electron chi connectivity index (χ0n) is 12.3. The second kappa shape index (κ2) is 5.23. The Kier molecular flexibility index (Phi) is 3.36. The van der Waals surface area contributed by atoms with E-state index in [1.165, 1.54) is 10.7 Å². The molecule has 1 aliphatic rings. The van der Waals surface area contributed by atoms with Crippen LogP contribution < -0.4 is 10.6 Å². The predicted molar refractivity (Wildman–Crippen MR) is 78.0 cm³/mol. The maximum Gasteiger partial charge on any atom is 0.433 e. The molecule has 0 saturated carbocycles. The highest BCUT2D eigenvalue weighted by Gasteiger charge is 2.29. The molecule has 23 heavy (non-hydrogen) atoms. The fraction of sp³-hybridized carbons (Fsp3) is 0.308. The van der Waals surface area contributed by atoms with Gasteiger partial charge in [0.1, 0.15) is 10.7 Å². The van der Waals surface area contributed by atoms with E-state index in [0.717, 1.165) is 6.07 Å². The van der Waals surface area contributed by atoms with Crippen LogP contribution in [0.15, 0.2) is 16.5 Å². The van der Waals surface area contributed by atoms with Crippen molar-refractivity contribution in [2.24, 2.45) is 13.0 Å². The number of aryl methyl sites for hydroxylation is 1. The molecule has 1 aliphatic heterocycles. The molecule has 1 atom stereocenters. The predicted octanol–water partition coefficient (Wildman–Crippen LogP) is 1.30. The zero-order chi connectivity index (χ0) is 16.7. The molecule has 1 unspecified atom stereocenters. The van der Waals surface area contributed by atoms with Gasteiger partial charge in [-0.2, -0.15) is 5.10 Å². The third kappa shape index (κ3) is 2.54. The first-order chi connectivity index (χ1) is 10.9. The lowest BCUT2D eigenvalue weighted by atomic mass is 9.98. The van der Waals surface area contributed by atoms with Gasteiger partial charge in [0.05, 0.1) is 6.07 Å². The van der Waals surface area contributed by atoms with E-state index in [1.807, 2.05) is 0 Å². The van der Waals surface area contributed by atoms with Crippen molar-refractivity contribution in [1.29, 1.82) is 0 Å². The molecule has 2 aromatic heterocycles. The molecule has 10 nitrogen and oxygen atoms in total. The molecule has 2 aromatic rings. The Morgan fingerprint density at radius 2 is 2.30 bits per heavy atom. The molecule has 3 rings (SSSR count). The molecule has 0 bridgehead atoms. The van der Waals surface area contributed by atoms with Crippen LogP contribution in [0.4, 0.5) is 17.5 Å². The summed E-state index contributed by atoms with van der Waals surface area (Å²) in [6.45, 7) is 1.77. The number of carbonyl (C=O) groups is 2. The van der Waals surface area contributed by atoms with Gasteiger partial charge in [0.25, 0.3) is 5.91 Å². The molecule has 0 saturated heterocycles.